The standard InChI is InChI=1S/C8H12O5/c1-6(9)3-4-8(11)13-5-12-7(2)10/h3-5H2,1-2H3. The number of ketones is 1. The third kappa shape index (κ3) is 8.52. The molecule has 0 spiro atoms. The first-order chi connectivity index (χ1) is 6.02. The lowest BCUT2D eigenvalue weighted by atomic mass is 10.2. The van der Waals surface area contributed by atoms with Gasteiger partial charge in [-0.25, -0.2) is 0 Å². The molecule has 0 saturated heterocycles. The maximum absolute atomic E-state index is 10.8. The van der Waals surface area contributed by atoms with Crippen LogP contribution in [0.2, 0.25) is 0 Å². The van der Waals surface area contributed by atoms with E-state index in [9.17, 15) is 14.4 Å². The van der Waals surface area contributed by atoms with Crippen molar-refractivity contribution in [2.24, 2.45) is 0 Å². The molecular formula is C8H12O5. The smallest absolute Gasteiger partial charge is 0.309 e. The number of carbonyl (C=O) groups excluding carboxylic acids is 3. The molecule has 0 aromatic heterocycles. The molecular weight excluding hydrogens is 176 g/mol. The highest BCUT2D eigenvalue weighted by molar-refractivity contribution is 5.80. The molecule has 0 amide bonds. The second kappa shape index (κ2) is 6.16. The Balaban J connectivity index is 3.41. The Morgan fingerprint density at radius 1 is 1.00 bits per heavy atom. The van der Waals surface area contributed by atoms with Crippen molar-refractivity contribution in [2.75, 3.05) is 6.79 Å². The zero-order chi connectivity index (χ0) is 10.3. The van der Waals surface area contributed by atoms with Gasteiger partial charge < -0.3 is 14.3 Å². The van der Waals surface area contributed by atoms with Crippen molar-refractivity contribution < 1.29 is 23.9 Å². The molecule has 0 N–H and O–H groups in total. The van der Waals surface area contributed by atoms with Gasteiger partial charge in [-0.3, -0.25) is 9.59 Å². The molecule has 0 aliphatic heterocycles. The third-order valence-corrected chi connectivity index (χ3v) is 1.16. The van der Waals surface area contributed by atoms with E-state index in [2.05, 4.69) is 9.47 Å². The van der Waals surface area contributed by atoms with E-state index in [1.54, 1.807) is 0 Å². The van der Waals surface area contributed by atoms with Crippen LogP contribution in [0.1, 0.15) is 26.7 Å². The van der Waals surface area contributed by atoms with Crippen LogP contribution in [0.25, 0.3) is 0 Å². The largest absolute Gasteiger partial charge is 0.428 e. The first-order valence-electron chi connectivity index (χ1n) is 3.81. The first kappa shape index (κ1) is 11.6. The summed E-state index contributed by atoms with van der Waals surface area (Å²) < 4.78 is 8.82. The molecule has 0 atom stereocenters. The van der Waals surface area contributed by atoms with Gasteiger partial charge in [-0.2, -0.15) is 0 Å². The minimum atomic E-state index is -0.545. The zero-order valence-corrected chi connectivity index (χ0v) is 7.66. The Hall–Kier alpha value is -1.39. The Labute approximate surface area is 76.0 Å². The summed E-state index contributed by atoms with van der Waals surface area (Å²) in [5, 5.41) is 0. The maximum atomic E-state index is 10.8. The minimum Gasteiger partial charge on any atom is -0.428 e. The van der Waals surface area contributed by atoms with Gasteiger partial charge in [0.15, 0.2) is 0 Å². The minimum absolute atomic E-state index is 0.0244. The summed E-state index contributed by atoms with van der Waals surface area (Å²) in [6.07, 6.45) is 0.176. The quantitative estimate of drug-likeness (QED) is 0.462. The van der Waals surface area contributed by atoms with Crippen LogP contribution in [0.5, 0.6) is 0 Å². The zero-order valence-electron chi connectivity index (χ0n) is 7.66. The number of ether oxygens (including phenoxy) is 2. The summed E-state index contributed by atoms with van der Waals surface area (Å²) in [5.41, 5.74) is 0. The van der Waals surface area contributed by atoms with Crippen molar-refractivity contribution in [1.29, 1.82) is 0 Å². The van der Waals surface area contributed by atoms with E-state index in [-0.39, 0.29) is 25.4 Å². The molecule has 0 aliphatic rings. The highest BCUT2D eigenvalue weighted by atomic mass is 16.7. The summed E-state index contributed by atoms with van der Waals surface area (Å²) in [4.78, 5) is 31.4. The van der Waals surface area contributed by atoms with Gasteiger partial charge in [0.1, 0.15) is 5.78 Å². The van der Waals surface area contributed by atoms with E-state index in [1.165, 1.54) is 13.8 Å². The number of esters is 2. The van der Waals surface area contributed by atoms with Crippen LogP contribution in [0.3, 0.4) is 0 Å². The van der Waals surface area contributed by atoms with E-state index < -0.39 is 11.9 Å². The van der Waals surface area contributed by atoms with Crippen molar-refractivity contribution in [3.05, 3.63) is 0 Å². The fourth-order valence-electron chi connectivity index (χ4n) is 0.528. The lowest BCUT2D eigenvalue weighted by molar-refractivity contribution is -0.166. The van der Waals surface area contributed by atoms with E-state index in [1.807, 2.05) is 0 Å². The molecule has 0 fully saturated rings. The number of hydrogen-bond acceptors (Lipinski definition) is 5. The van der Waals surface area contributed by atoms with Crippen molar-refractivity contribution >= 4 is 17.7 Å². The third-order valence-electron chi connectivity index (χ3n) is 1.16. The first-order valence-corrected chi connectivity index (χ1v) is 3.81. The Bertz CT molecular complexity index is 209. The fourth-order valence-corrected chi connectivity index (χ4v) is 0.528. The van der Waals surface area contributed by atoms with Gasteiger partial charge in [0.25, 0.3) is 0 Å². The summed E-state index contributed by atoms with van der Waals surface area (Å²) in [7, 11) is 0. The van der Waals surface area contributed by atoms with Gasteiger partial charge in [-0.15, -0.1) is 0 Å². The molecule has 5 heteroatoms. The lowest BCUT2D eigenvalue weighted by Crippen LogP contribution is -2.11. The van der Waals surface area contributed by atoms with Gasteiger partial charge >= 0.3 is 11.9 Å². The highest BCUT2D eigenvalue weighted by Gasteiger charge is 2.04. The van der Waals surface area contributed by atoms with Gasteiger partial charge in [0, 0.05) is 13.3 Å². The normalized spacial score (nSPS) is 9.08. The monoisotopic (exact) mass is 188 g/mol. The molecule has 0 bridgehead atoms. The molecule has 0 aromatic rings. The van der Waals surface area contributed by atoms with Crippen LogP contribution in [0.4, 0.5) is 0 Å². The van der Waals surface area contributed by atoms with E-state index >= 15 is 0 Å². The molecule has 74 valence electrons. The molecule has 0 aliphatic carbocycles. The molecule has 13 heavy (non-hydrogen) atoms. The van der Waals surface area contributed by atoms with Crippen LogP contribution in [0, 0.1) is 0 Å². The lowest BCUT2D eigenvalue weighted by Gasteiger charge is -2.02. The Morgan fingerprint density at radius 3 is 2.08 bits per heavy atom. The van der Waals surface area contributed by atoms with Crippen LogP contribution >= 0.6 is 0 Å². The predicted molar refractivity (Wildman–Crippen MR) is 42.6 cm³/mol. The topological polar surface area (TPSA) is 69.7 Å². The van der Waals surface area contributed by atoms with Gasteiger partial charge in [-0.1, -0.05) is 0 Å². The average Bonchev–Trinajstić information content (AvgIpc) is 2.00. The summed E-state index contributed by atoms with van der Waals surface area (Å²) in [6.45, 7) is 2.22. The van der Waals surface area contributed by atoms with Gasteiger partial charge in [0.05, 0.1) is 6.42 Å². The second-order valence-corrected chi connectivity index (χ2v) is 2.47. The average molecular weight is 188 g/mol. The fraction of sp³-hybridized carbons (Fsp3) is 0.625. The number of Topliss-reactive ketones (excluding diaryl/α,β-unsaturated/α-hetero) is 1. The molecule has 0 heterocycles. The second-order valence-electron chi connectivity index (χ2n) is 2.47. The number of carbonyl (C=O) groups is 3. The SMILES string of the molecule is CC(=O)CCC(=O)OCOC(C)=O. The predicted octanol–water partition coefficient (Wildman–Crippen LogP) is 0.419. The van der Waals surface area contributed by atoms with Crippen molar-refractivity contribution in [3.8, 4) is 0 Å². The Kier molecular flexibility index (Phi) is 5.50. The van der Waals surface area contributed by atoms with E-state index in [0.717, 1.165) is 0 Å². The van der Waals surface area contributed by atoms with Crippen molar-refractivity contribution in [2.45, 2.75) is 26.7 Å². The Morgan fingerprint density at radius 2 is 1.62 bits per heavy atom. The summed E-state index contributed by atoms with van der Waals surface area (Å²) in [6, 6.07) is 0. The van der Waals surface area contributed by atoms with E-state index in [0.29, 0.717) is 0 Å². The van der Waals surface area contributed by atoms with Crippen LogP contribution < -0.4 is 0 Å². The molecule has 0 aromatic carbocycles. The van der Waals surface area contributed by atoms with E-state index in [4.69, 9.17) is 0 Å². The summed E-state index contributed by atoms with van der Waals surface area (Å²) in [5.74, 6) is -1.14. The highest BCUT2D eigenvalue weighted by Crippen LogP contribution is 1.94. The van der Waals surface area contributed by atoms with Crippen molar-refractivity contribution in [1.82, 2.24) is 0 Å². The van der Waals surface area contributed by atoms with Crippen LogP contribution in [0.15, 0.2) is 0 Å². The van der Waals surface area contributed by atoms with Gasteiger partial charge in [-0.05, 0) is 6.92 Å². The molecule has 0 radical (unpaired) electrons. The molecule has 0 rings (SSSR count). The van der Waals surface area contributed by atoms with Crippen LogP contribution in [-0.2, 0) is 23.9 Å². The maximum Gasteiger partial charge on any atom is 0.309 e. The van der Waals surface area contributed by atoms with Gasteiger partial charge in [0.2, 0.25) is 6.79 Å². The molecule has 0 saturated carbocycles. The number of hydrogen-bond donors (Lipinski definition) is 0. The van der Waals surface area contributed by atoms with Crippen LogP contribution in [-0.4, -0.2) is 24.5 Å². The van der Waals surface area contributed by atoms with Crippen molar-refractivity contribution in [3.63, 3.8) is 0 Å². The number of rotatable bonds is 5. The molecule has 0 unspecified atom stereocenters. The molecule has 5 nitrogen and oxygen atoms in total. The summed E-state index contributed by atoms with van der Waals surface area (Å²) >= 11 is 0.